The van der Waals surface area contributed by atoms with Gasteiger partial charge in [0.25, 0.3) is 10.0 Å². The summed E-state index contributed by atoms with van der Waals surface area (Å²) >= 11 is 6.07. The van der Waals surface area contributed by atoms with E-state index in [1.807, 2.05) is 36.4 Å². The van der Waals surface area contributed by atoms with Gasteiger partial charge in [-0.25, -0.2) is 0 Å². The zero-order valence-corrected chi connectivity index (χ0v) is 16.1. The molecule has 0 bridgehead atoms. The van der Waals surface area contributed by atoms with E-state index >= 15 is 0 Å². The second-order valence-corrected chi connectivity index (χ2v) is 8.06. The fourth-order valence-electron chi connectivity index (χ4n) is 2.66. The van der Waals surface area contributed by atoms with Crippen LogP contribution in [-0.4, -0.2) is 8.42 Å². The number of sulfonamides is 1. The number of para-hydroxylation sites is 1. The first kappa shape index (κ1) is 18.2. The lowest BCUT2D eigenvalue weighted by Gasteiger charge is -2.08. The Bertz CT molecular complexity index is 1280. The van der Waals surface area contributed by atoms with Crippen LogP contribution >= 0.6 is 11.6 Å². The van der Waals surface area contributed by atoms with E-state index in [0.717, 1.165) is 5.56 Å². The van der Waals surface area contributed by atoms with Crippen LogP contribution in [0.3, 0.4) is 0 Å². The molecule has 138 valence electrons. The predicted molar refractivity (Wildman–Crippen MR) is 111 cm³/mol. The molecule has 4 rings (SSSR count). The van der Waals surface area contributed by atoms with Crippen molar-refractivity contribution in [3.63, 3.8) is 0 Å². The molecule has 0 amide bonds. The molecule has 0 spiro atoms. The number of halogens is 1. The average Bonchev–Trinajstić information content (AvgIpc) is 3.13. The summed E-state index contributed by atoms with van der Waals surface area (Å²) in [6, 6.07) is 22.9. The van der Waals surface area contributed by atoms with Gasteiger partial charge in [0.15, 0.2) is 0 Å². The highest BCUT2D eigenvalue weighted by Gasteiger charge is 2.21. The molecular weight excluding hydrogens is 394 g/mol. The van der Waals surface area contributed by atoms with Gasteiger partial charge >= 0.3 is 0 Å². The van der Waals surface area contributed by atoms with Gasteiger partial charge in [-0.3, -0.25) is 4.72 Å². The zero-order chi connectivity index (χ0) is 19.6. The molecule has 1 N–H and O–H groups in total. The number of hydrogen-bond acceptors (Lipinski definition) is 3. The molecule has 0 aliphatic heterocycles. The second-order valence-electron chi connectivity index (χ2n) is 6.01. The topological polar surface area (TPSA) is 59.3 Å². The van der Waals surface area contributed by atoms with E-state index in [-0.39, 0.29) is 10.8 Å². The normalized spacial score (nSPS) is 11.0. The van der Waals surface area contributed by atoms with Gasteiger partial charge in [0.05, 0.1) is 5.69 Å². The van der Waals surface area contributed by atoms with Crippen LogP contribution in [0.15, 0.2) is 88.4 Å². The molecule has 0 saturated carbocycles. The Morgan fingerprint density at radius 2 is 1.61 bits per heavy atom. The molecule has 1 aromatic heterocycles. The summed E-state index contributed by atoms with van der Waals surface area (Å²) in [5.74, 6) is 6.01. The molecule has 0 aliphatic carbocycles. The quantitative estimate of drug-likeness (QED) is 0.469. The van der Waals surface area contributed by atoms with Crippen molar-refractivity contribution in [1.82, 2.24) is 0 Å². The van der Waals surface area contributed by atoms with E-state index in [0.29, 0.717) is 21.6 Å². The molecular formula is C22H14ClNO3S. The van der Waals surface area contributed by atoms with Crippen LogP contribution in [0.25, 0.3) is 11.0 Å². The van der Waals surface area contributed by atoms with Gasteiger partial charge in [0.1, 0.15) is 5.58 Å². The third kappa shape index (κ3) is 3.89. The molecule has 4 aromatic rings. The van der Waals surface area contributed by atoms with Gasteiger partial charge in [-0.15, -0.1) is 0 Å². The summed E-state index contributed by atoms with van der Waals surface area (Å²) in [5, 5.41) is 0.932. The third-order valence-electron chi connectivity index (χ3n) is 4.01. The highest BCUT2D eigenvalue weighted by molar-refractivity contribution is 7.92. The van der Waals surface area contributed by atoms with Gasteiger partial charge in [-0.2, -0.15) is 8.42 Å². The molecule has 4 nitrogen and oxygen atoms in total. The SMILES string of the molecule is O=S(=O)(Nc1cc(Cl)ccc1C#Cc1ccccc1)c1cc2ccccc2o1. The Hall–Kier alpha value is -3.20. The Morgan fingerprint density at radius 3 is 2.39 bits per heavy atom. The standard InChI is InChI=1S/C22H14ClNO3S/c23-19-13-12-17(11-10-16-6-2-1-3-7-16)20(15-19)24-28(25,26)22-14-18-8-4-5-9-21(18)27-22/h1-9,12-15,24H. The first-order chi connectivity index (χ1) is 13.5. The first-order valence-electron chi connectivity index (χ1n) is 8.39. The summed E-state index contributed by atoms with van der Waals surface area (Å²) in [4.78, 5) is 0. The van der Waals surface area contributed by atoms with Gasteiger partial charge in [0.2, 0.25) is 5.09 Å². The maximum atomic E-state index is 12.8. The van der Waals surface area contributed by atoms with E-state index in [2.05, 4.69) is 16.6 Å². The third-order valence-corrected chi connectivity index (χ3v) is 5.46. The monoisotopic (exact) mass is 407 g/mol. The molecule has 6 heteroatoms. The van der Waals surface area contributed by atoms with E-state index in [4.69, 9.17) is 16.0 Å². The van der Waals surface area contributed by atoms with Crippen LogP contribution in [0.5, 0.6) is 0 Å². The van der Waals surface area contributed by atoms with Gasteiger partial charge in [0, 0.05) is 27.6 Å². The van der Waals surface area contributed by atoms with Crippen molar-refractivity contribution in [2.45, 2.75) is 5.09 Å². The molecule has 0 saturated heterocycles. The van der Waals surface area contributed by atoms with Crippen LogP contribution in [0.4, 0.5) is 5.69 Å². The minimum atomic E-state index is -3.94. The van der Waals surface area contributed by atoms with E-state index in [9.17, 15) is 8.42 Å². The number of hydrogen-bond donors (Lipinski definition) is 1. The van der Waals surface area contributed by atoms with Crippen molar-refractivity contribution in [3.05, 3.63) is 95.0 Å². The van der Waals surface area contributed by atoms with Crippen LogP contribution in [0, 0.1) is 11.8 Å². The lowest BCUT2D eigenvalue weighted by molar-refractivity contribution is 0.484. The molecule has 0 radical (unpaired) electrons. The summed E-state index contributed by atoms with van der Waals surface area (Å²) < 4.78 is 33.6. The van der Waals surface area contributed by atoms with Gasteiger partial charge in [-0.1, -0.05) is 59.8 Å². The summed E-state index contributed by atoms with van der Waals surface area (Å²) in [6.07, 6.45) is 0. The van der Waals surface area contributed by atoms with Crippen molar-refractivity contribution in [2.24, 2.45) is 0 Å². The minimum absolute atomic E-state index is 0.171. The van der Waals surface area contributed by atoms with Crippen LogP contribution in [0.1, 0.15) is 11.1 Å². The van der Waals surface area contributed by atoms with Gasteiger partial charge in [-0.05, 0) is 36.4 Å². The van der Waals surface area contributed by atoms with Crippen LogP contribution in [0.2, 0.25) is 5.02 Å². The van der Waals surface area contributed by atoms with Gasteiger partial charge < -0.3 is 4.42 Å². The van der Waals surface area contributed by atoms with E-state index in [1.54, 1.807) is 30.3 Å². The number of rotatable bonds is 3. The molecule has 1 heterocycles. The van der Waals surface area contributed by atoms with Crippen molar-refractivity contribution in [2.75, 3.05) is 4.72 Å². The number of fused-ring (bicyclic) bond motifs is 1. The van der Waals surface area contributed by atoms with Crippen molar-refractivity contribution < 1.29 is 12.8 Å². The minimum Gasteiger partial charge on any atom is -0.443 e. The van der Waals surface area contributed by atoms with Crippen LogP contribution < -0.4 is 4.72 Å². The Morgan fingerprint density at radius 1 is 0.857 bits per heavy atom. The molecule has 0 fully saturated rings. The zero-order valence-electron chi connectivity index (χ0n) is 14.5. The fraction of sp³-hybridized carbons (Fsp3) is 0. The van der Waals surface area contributed by atoms with Crippen molar-refractivity contribution in [3.8, 4) is 11.8 Å². The average molecular weight is 408 g/mol. The summed E-state index contributed by atoms with van der Waals surface area (Å²) in [7, 11) is -3.94. The molecule has 3 aromatic carbocycles. The second kappa shape index (κ2) is 7.43. The van der Waals surface area contributed by atoms with Crippen molar-refractivity contribution >= 4 is 38.3 Å². The summed E-state index contributed by atoms with van der Waals surface area (Å²) in [6.45, 7) is 0. The van der Waals surface area contributed by atoms with E-state index in [1.165, 1.54) is 12.1 Å². The number of furan rings is 1. The first-order valence-corrected chi connectivity index (χ1v) is 10.3. The largest absolute Gasteiger partial charge is 0.443 e. The lowest BCUT2D eigenvalue weighted by atomic mass is 10.1. The number of nitrogens with one attached hydrogen (secondary N) is 1. The number of benzene rings is 3. The highest BCUT2D eigenvalue weighted by Crippen LogP contribution is 2.27. The van der Waals surface area contributed by atoms with Crippen molar-refractivity contribution in [1.29, 1.82) is 0 Å². The number of anilines is 1. The lowest BCUT2D eigenvalue weighted by Crippen LogP contribution is -2.13. The Balaban J connectivity index is 1.71. The van der Waals surface area contributed by atoms with E-state index < -0.39 is 10.0 Å². The highest BCUT2D eigenvalue weighted by atomic mass is 35.5. The molecule has 0 aliphatic rings. The molecule has 28 heavy (non-hydrogen) atoms. The smallest absolute Gasteiger partial charge is 0.295 e. The maximum Gasteiger partial charge on any atom is 0.295 e. The Labute approximate surface area is 167 Å². The molecule has 0 atom stereocenters. The van der Waals surface area contributed by atoms with Crippen LogP contribution in [-0.2, 0) is 10.0 Å². The predicted octanol–water partition coefficient (Wildman–Crippen LogP) is 5.29. The summed E-state index contributed by atoms with van der Waals surface area (Å²) in [5.41, 5.74) is 2.12. The Kier molecular flexibility index (Phi) is 4.82. The molecule has 0 unspecified atom stereocenters. The maximum absolute atomic E-state index is 12.8. The fourth-order valence-corrected chi connectivity index (χ4v) is 3.87.